The van der Waals surface area contributed by atoms with Crippen molar-refractivity contribution < 1.29 is 14.3 Å². The van der Waals surface area contributed by atoms with Crippen LogP contribution in [-0.2, 0) is 9.47 Å². The molecule has 2 aliphatic carbocycles. The monoisotopic (exact) mass is 256 g/mol. The molecule has 2 saturated carbocycles. The van der Waals surface area contributed by atoms with Crippen LogP contribution in [0.1, 0.15) is 39.0 Å². The third-order valence-corrected chi connectivity index (χ3v) is 4.42. The van der Waals surface area contributed by atoms with E-state index in [-0.39, 0.29) is 0 Å². The maximum atomic E-state index is 10.5. The van der Waals surface area contributed by atoms with Gasteiger partial charge in [0.2, 0.25) is 0 Å². The van der Waals surface area contributed by atoms with Crippen LogP contribution in [0.3, 0.4) is 0 Å². The molecule has 18 heavy (non-hydrogen) atoms. The molecule has 2 unspecified atom stereocenters. The summed E-state index contributed by atoms with van der Waals surface area (Å²) in [5.74, 6) is 0. The standard InChI is InChI=1S/C13H24N2O3/c1-2-17-11-9-10(13(11)5-3-4-6-13)15-7-8-18-12(14)16/h10-11,15H,2-9H2,1H3,(H2,14,16). The van der Waals surface area contributed by atoms with Gasteiger partial charge < -0.3 is 20.5 Å². The average molecular weight is 256 g/mol. The Labute approximate surface area is 108 Å². The maximum absolute atomic E-state index is 10.5. The van der Waals surface area contributed by atoms with Crippen molar-refractivity contribution in [1.82, 2.24) is 5.32 Å². The van der Waals surface area contributed by atoms with E-state index >= 15 is 0 Å². The molecular formula is C13H24N2O3. The molecule has 0 aromatic rings. The lowest BCUT2D eigenvalue weighted by atomic mass is 9.60. The maximum Gasteiger partial charge on any atom is 0.404 e. The predicted molar refractivity (Wildman–Crippen MR) is 68.3 cm³/mol. The number of hydrogen-bond donors (Lipinski definition) is 2. The fourth-order valence-electron chi connectivity index (χ4n) is 3.56. The molecule has 1 spiro atoms. The van der Waals surface area contributed by atoms with E-state index < -0.39 is 6.09 Å². The fourth-order valence-corrected chi connectivity index (χ4v) is 3.56. The van der Waals surface area contributed by atoms with Crippen molar-refractivity contribution in [1.29, 1.82) is 0 Å². The van der Waals surface area contributed by atoms with Gasteiger partial charge in [-0.15, -0.1) is 0 Å². The third kappa shape index (κ3) is 2.62. The molecule has 0 aromatic heterocycles. The van der Waals surface area contributed by atoms with E-state index in [0.717, 1.165) is 13.0 Å². The first-order valence-corrected chi connectivity index (χ1v) is 6.96. The van der Waals surface area contributed by atoms with E-state index in [9.17, 15) is 4.79 Å². The second-order valence-electron chi connectivity index (χ2n) is 5.29. The molecule has 0 saturated heterocycles. The van der Waals surface area contributed by atoms with Crippen LogP contribution < -0.4 is 11.1 Å². The number of nitrogens with two attached hydrogens (primary N) is 1. The third-order valence-electron chi connectivity index (χ3n) is 4.42. The van der Waals surface area contributed by atoms with Crippen LogP contribution in [0.15, 0.2) is 0 Å². The largest absolute Gasteiger partial charge is 0.448 e. The molecule has 2 rings (SSSR count). The highest BCUT2D eigenvalue weighted by Gasteiger charge is 2.56. The molecule has 5 heteroatoms. The van der Waals surface area contributed by atoms with Crippen molar-refractivity contribution in [3.63, 3.8) is 0 Å². The summed E-state index contributed by atoms with van der Waals surface area (Å²) in [7, 11) is 0. The number of ether oxygens (including phenoxy) is 2. The molecule has 0 bridgehead atoms. The summed E-state index contributed by atoms with van der Waals surface area (Å²) < 4.78 is 10.6. The molecule has 2 aliphatic rings. The number of nitrogens with one attached hydrogen (secondary N) is 1. The SMILES string of the molecule is CCOC1CC(NCCOC(N)=O)C12CCCC2. The van der Waals surface area contributed by atoms with Crippen LogP contribution >= 0.6 is 0 Å². The molecule has 3 N–H and O–H groups in total. The lowest BCUT2D eigenvalue weighted by Gasteiger charge is -2.54. The van der Waals surface area contributed by atoms with Gasteiger partial charge in [-0.05, 0) is 26.2 Å². The van der Waals surface area contributed by atoms with Crippen LogP contribution in [-0.4, -0.2) is 38.0 Å². The molecule has 0 heterocycles. The molecule has 1 amide bonds. The number of primary amides is 1. The molecule has 2 fully saturated rings. The summed E-state index contributed by atoms with van der Waals surface area (Å²) in [6.45, 7) is 3.88. The summed E-state index contributed by atoms with van der Waals surface area (Å²) in [5, 5.41) is 3.48. The van der Waals surface area contributed by atoms with Gasteiger partial charge in [-0.25, -0.2) is 4.79 Å². The van der Waals surface area contributed by atoms with E-state index in [1.54, 1.807) is 0 Å². The molecule has 5 nitrogen and oxygen atoms in total. The summed E-state index contributed by atoms with van der Waals surface area (Å²) in [6.07, 6.45) is 5.91. The van der Waals surface area contributed by atoms with Crippen LogP contribution in [0.4, 0.5) is 4.79 Å². The Balaban J connectivity index is 1.77. The number of carbonyl (C=O) groups excluding carboxylic acids is 1. The second-order valence-corrected chi connectivity index (χ2v) is 5.29. The molecule has 2 atom stereocenters. The summed E-state index contributed by atoms with van der Waals surface area (Å²) >= 11 is 0. The highest BCUT2D eigenvalue weighted by molar-refractivity contribution is 5.64. The quantitative estimate of drug-likeness (QED) is 0.705. The first kappa shape index (κ1) is 13.6. The summed E-state index contributed by atoms with van der Waals surface area (Å²) in [4.78, 5) is 10.5. The molecule has 0 aliphatic heterocycles. The lowest BCUT2D eigenvalue weighted by molar-refractivity contribution is -0.130. The first-order chi connectivity index (χ1) is 8.69. The Bertz CT molecular complexity index is 290. The number of hydrogen-bond acceptors (Lipinski definition) is 4. The van der Waals surface area contributed by atoms with Gasteiger partial charge in [0.25, 0.3) is 0 Å². The van der Waals surface area contributed by atoms with Crippen LogP contribution in [0.2, 0.25) is 0 Å². The molecular weight excluding hydrogens is 232 g/mol. The van der Waals surface area contributed by atoms with Crippen molar-refractivity contribution in [3.8, 4) is 0 Å². The normalized spacial score (nSPS) is 29.2. The topological polar surface area (TPSA) is 73.6 Å². The minimum Gasteiger partial charge on any atom is -0.448 e. The second kappa shape index (κ2) is 5.89. The highest BCUT2D eigenvalue weighted by Crippen LogP contribution is 2.54. The van der Waals surface area contributed by atoms with Gasteiger partial charge in [0.1, 0.15) is 6.61 Å². The van der Waals surface area contributed by atoms with E-state index in [1.807, 2.05) is 0 Å². The van der Waals surface area contributed by atoms with Gasteiger partial charge >= 0.3 is 6.09 Å². The number of amides is 1. The van der Waals surface area contributed by atoms with Gasteiger partial charge in [0.05, 0.1) is 6.10 Å². The minimum atomic E-state index is -0.701. The van der Waals surface area contributed by atoms with Gasteiger partial charge in [0, 0.05) is 24.6 Å². The Hall–Kier alpha value is -0.810. The summed E-state index contributed by atoms with van der Waals surface area (Å²) in [5.41, 5.74) is 5.26. The van der Waals surface area contributed by atoms with Crippen LogP contribution in [0, 0.1) is 5.41 Å². The van der Waals surface area contributed by atoms with Crippen LogP contribution in [0.5, 0.6) is 0 Å². The van der Waals surface area contributed by atoms with Crippen molar-refractivity contribution in [2.45, 2.75) is 51.2 Å². The first-order valence-electron chi connectivity index (χ1n) is 6.96. The van der Waals surface area contributed by atoms with Gasteiger partial charge in [-0.1, -0.05) is 12.8 Å². The Morgan fingerprint density at radius 3 is 2.78 bits per heavy atom. The zero-order valence-corrected chi connectivity index (χ0v) is 11.1. The Morgan fingerprint density at radius 2 is 2.17 bits per heavy atom. The molecule has 0 aromatic carbocycles. The van der Waals surface area contributed by atoms with Crippen molar-refractivity contribution in [2.75, 3.05) is 19.8 Å². The van der Waals surface area contributed by atoms with E-state index in [2.05, 4.69) is 12.2 Å². The smallest absolute Gasteiger partial charge is 0.404 e. The van der Waals surface area contributed by atoms with E-state index in [4.69, 9.17) is 15.2 Å². The predicted octanol–water partition coefficient (Wildman–Crippen LogP) is 1.41. The van der Waals surface area contributed by atoms with Crippen molar-refractivity contribution in [3.05, 3.63) is 0 Å². The zero-order chi connectivity index (χ0) is 13.0. The Kier molecular flexibility index (Phi) is 4.45. The van der Waals surface area contributed by atoms with Crippen LogP contribution in [0.25, 0.3) is 0 Å². The van der Waals surface area contributed by atoms with Crippen molar-refractivity contribution >= 4 is 6.09 Å². The minimum absolute atomic E-state index is 0.336. The van der Waals surface area contributed by atoms with Gasteiger partial charge in [-0.3, -0.25) is 0 Å². The highest BCUT2D eigenvalue weighted by atomic mass is 16.5. The van der Waals surface area contributed by atoms with Crippen molar-refractivity contribution in [2.24, 2.45) is 11.1 Å². The molecule has 104 valence electrons. The lowest BCUT2D eigenvalue weighted by Crippen LogP contribution is -2.63. The van der Waals surface area contributed by atoms with Gasteiger partial charge in [0.15, 0.2) is 0 Å². The average Bonchev–Trinajstić information content (AvgIpc) is 2.83. The molecule has 0 radical (unpaired) electrons. The summed E-state index contributed by atoms with van der Waals surface area (Å²) in [6, 6.07) is 0.507. The number of rotatable bonds is 6. The fraction of sp³-hybridized carbons (Fsp3) is 0.923. The van der Waals surface area contributed by atoms with Gasteiger partial charge in [-0.2, -0.15) is 0 Å². The zero-order valence-electron chi connectivity index (χ0n) is 11.1. The number of carbonyl (C=O) groups is 1. The van der Waals surface area contributed by atoms with E-state index in [0.29, 0.717) is 30.7 Å². The van der Waals surface area contributed by atoms with E-state index in [1.165, 1.54) is 25.7 Å². The Morgan fingerprint density at radius 1 is 1.44 bits per heavy atom.